The highest BCUT2D eigenvalue weighted by molar-refractivity contribution is 5.86. The molecule has 98 valence electrons. The predicted octanol–water partition coefficient (Wildman–Crippen LogP) is 2.69. The predicted molar refractivity (Wildman–Crippen MR) is 77.8 cm³/mol. The van der Waals surface area contributed by atoms with E-state index < -0.39 is 0 Å². The molecule has 2 aromatic carbocycles. The second-order valence-electron chi connectivity index (χ2n) is 4.90. The standard InChI is InChI=1S/C16H18N2O/c17-16(18-7-9-19-10-8-18)12-13-5-6-14-3-1-2-4-15(14)11-13/h1-6,11,17H,7-10,12H2. The van der Waals surface area contributed by atoms with Gasteiger partial charge in [-0.1, -0.05) is 42.5 Å². The van der Waals surface area contributed by atoms with Crippen molar-refractivity contribution in [1.29, 1.82) is 5.41 Å². The van der Waals surface area contributed by atoms with E-state index in [2.05, 4.69) is 47.4 Å². The van der Waals surface area contributed by atoms with Crippen molar-refractivity contribution in [2.24, 2.45) is 0 Å². The lowest BCUT2D eigenvalue weighted by molar-refractivity contribution is 0.0670. The first-order valence-electron chi connectivity index (χ1n) is 6.71. The molecule has 0 unspecified atom stereocenters. The minimum absolute atomic E-state index is 0.693. The molecule has 19 heavy (non-hydrogen) atoms. The van der Waals surface area contributed by atoms with Gasteiger partial charge in [0.25, 0.3) is 0 Å². The molecule has 1 aliphatic heterocycles. The molecule has 0 aromatic heterocycles. The lowest BCUT2D eigenvalue weighted by Gasteiger charge is -2.29. The molecule has 0 aliphatic carbocycles. The lowest BCUT2D eigenvalue weighted by atomic mass is 10.0. The highest BCUT2D eigenvalue weighted by atomic mass is 16.5. The summed E-state index contributed by atoms with van der Waals surface area (Å²) >= 11 is 0. The van der Waals surface area contributed by atoms with E-state index in [9.17, 15) is 0 Å². The number of fused-ring (bicyclic) bond motifs is 1. The van der Waals surface area contributed by atoms with E-state index in [1.54, 1.807) is 0 Å². The Balaban J connectivity index is 1.75. The number of benzene rings is 2. The maximum Gasteiger partial charge on any atom is 0.100 e. The van der Waals surface area contributed by atoms with Gasteiger partial charge in [0.2, 0.25) is 0 Å². The van der Waals surface area contributed by atoms with Crippen LogP contribution in [-0.4, -0.2) is 37.0 Å². The van der Waals surface area contributed by atoms with Gasteiger partial charge in [0.15, 0.2) is 0 Å². The molecule has 3 nitrogen and oxygen atoms in total. The van der Waals surface area contributed by atoms with Gasteiger partial charge in [0.1, 0.15) is 5.84 Å². The fourth-order valence-electron chi connectivity index (χ4n) is 2.49. The SMILES string of the molecule is N=C(Cc1ccc2ccccc2c1)N1CCOCC1. The van der Waals surface area contributed by atoms with Gasteiger partial charge in [-0.05, 0) is 16.3 Å². The highest BCUT2D eigenvalue weighted by Gasteiger charge is 2.13. The third-order valence-electron chi connectivity index (χ3n) is 3.58. The van der Waals surface area contributed by atoms with Crippen LogP contribution in [0.15, 0.2) is 42.5 Å². The number of ether oxygens (including phenoxy) is 1. The summed E-state index contributed by atoms with van der Waals surface area (Å²) in [6.45, 7) is 3.15. The Morgan fingerprint density at radius 3 is 2.58 bits per heavy atom. The first-order chi connectivity index (χ1) is 9.33. The molecule has 1 N–H and O–H groups in total. The zero-order valence-electron chi connectivity index (χ0n) is 10.9. The van der Waals surface area contributed by atoms with Gasteiger partial charge >= 0.3 is 0 Å². The van der Waals surface area contributed by atoms with Crippen LogP contribution in [0.4, 0.5) is 0 Å². The first kappa shape index (κ1) is 12.2. The summed E-state index contributed by atoms with van der Waals surface area (Å²) in [7, 11) is 0. The van der Waals surface area contributed by atoms with Gasteiger partial charge in [0.05, 0.1) is 13.2 Å². The summed E-state index contributed by atoms with van der Waals surface area (Å²) in [5.74, 6) is 0.693. The van der Waals surface area contributed by atoms with E-state index in [0.717, 1.165) is 26.3 Å². The molecule has 0 saturated carbocycles. The molecule has 0 amide bonds. The summed E-state index contributed by atoms with van der Waals surface area (Å²) in [6, 6.07) is 14.8. The Morgan fingerprint density at radius 1 is 1.05 bits per heavy atom. The molecule has 1 heterocycles. The number of nitrogens with one attached hydrogen (secondary N) is 1. The number of amidine groups is 1. The Morgan fingerprint density at radius 2 is 1.79 bits per heavy atom. The van der Waals surface area contributed by atoms with Crippen LogP contribution in [0.1, 0.15) is 5.56 Å². The quantitative estimate of drug-likeness (QED) is 0.660. The van der Waals surface area contributed by atoms with Crippen LogP contribution in [0.5, 0.6) is 0 Å². The Labute approximate surface area is 113 Å². The molecule has 1 saturated heterocycles. The monoisotopic (exact) mass is 254 g/mol. The molecular formula is C16H18N2O. The van der Waals surface area contributed by atoms with Crippen molar-refractivity contribution in [1.82, 2.24) is 4.90 Å². The first-order valence-corrected chi connectivity index (χ1v) is 6.71. The number of rotatable bonds is 2. The maximum absolute atomic E-state index is 8.20. The smallest absolute Gasteiger partial charge is 0.100 e. The fourth-order valence-corrected chi connectivity index (χ4v) is 2.49. The van der Waals surface area contributed by atoms with Crippen LogP contribution < -0.4 is 0 Å². The minimum Gasteiger partial charge on any atom is -0.378 e. The normalized spacial score (nSPS) is 15.7. The van der Waals surface area contributed by atoms with Gasteiger partial charge < -0.3 is 9.64 Å². The van der Waals surface area contributed by atoms with E-state index in [-0.39, 0.29) is 0 Å². The van der Waals surface area contributed by atoms with Crippen molar-refractivity contribution >= 4 is 16.6 Å². The maximum atomic E-state index is 8.20. The van der Waals surface area contributed by atoms with E-state index in [1.165, 1.54) is 16.3 Å². The van der Waals surface area contributed by atoms with Crippen LogP contribution in [0.2, 0.25) is 0 Å². The summed E-state index contributed by atoms with van der Waals surface area (Å²) in [5, 5.41) is 10.7. The molecule has 3 heteroatoms. The number of hydrogen-bond acceptors (Lipinski definition) is 2. The van der Waals surface area contributed by atoms with Crippen molar-refractivity contribution in [2.75, 3.05) is 26.3 Å². The largest absolute Gasteiger partial charge is 0.378 e. The molecule has 0 bridgehead atoms. The third-order valence-corrected chi connectivity index (χ3v) is 3.58. The molecule has 0 atom stereocenters. The summed E-state index contributed by atoms with van der Waals surface area (Å²) in [4.78, 5) is 2.11. The zero-order chi connectivity index (χ0) is 13.1. The molecule has 0 spiro atoms. The molecule has 1 fully saturated rings. The Bertz CT molecular complexity index is 588. The van der Waals surface area contributed by atoms with Crippen molar-refractivity contribution in [3.63, 3.8) is 0 Å². The number of nitrogens with zero attached hydrogens (tertiary/aromatic N) is 1. The third kappa shape index (κ3) is 2.76. The molecule has 3 rings (SSSR count). The van der Waals surface area contributed by atoms with Crippen LogP contribution in [0, 0.1) is 5.41 Å². The molecular weight excluding hydrogens is 236 g/mol. The van der Waals surface area contributed by atoms with E-state index >= 15 is 0 Å². The highest BCUT2D eigenvalue weighted by Crippen LogP contribution is 2.16. The summed E-state index contributed by atoms with van der Waals surface area (Å²) in [6.07, 6.45) is 0.699. The molecule has 0 radical (unpaired) electrons. The van der Waals surface area contributed by atoms with E-state index in [0.29, 0.717) is 12.3 Å². The van der Waals surface area contributed by atoms with Crippen LogP contribution in [0.3, 0.4) is 0 Å². The van der Waals surface area contributed by atoms with Gasteiger partial charge in [-0.2, -0.15) is 0 Å². The molecule has 2 aromatic rings. The van der Waals surface area contributed by atoms with Crippen LogP contribution >= 0.6 is 0 Å². The van der Waals surface area contributed by atoms with Crippen LogP contribution in [-0.2, 0) is 11.2 Å². The Hall–Kier alpha value is -1.87. The lowest BCUT2D eigenvalue weighted by Crippen LogP contribution is -2.41. The second kappa shape index (κ2) is 5.41. The van der Waals surface area contributed by atoms with Gasteiger partial charge in [-0.25, -0.2) is 0 Å². The molecule has 1 aliphatic rings. The zero-order valence-corrected chi connectivity index (χ0v) is 10.9. The van der Waals surface area contributed by atoms with E-state index in [1.807, 2.05) is 0 Å². The van der Waals surface area contributed by atoms with Gasteiger partial charge in [-0.3, -0.25) is 5.41 Å². The van der Waals surface area contributed by atoms with E-state index in [4.69, 9.17) is 10.1 Å². The van der Waals surface area contributed by atoms with Crippen molar-refractivity contribution in [3.8, 4) is 0 Å². The average Bonchev–Trinajstić information content (AvgIpc) is 2.48. The fraction of sp³-hybridized carbons (Fsp3) is 0.312. The average molecular weight is 254 g/mol. The van der Waals surface area contributed by atoms with Gasteiger partial charge in [0, 0.05) is 19.5 Å². The van der Waals surface area contributed by atoms with Gasteiger partial charge in [-0.15, -0.1) is 0 Å². The topological polar surface area (TPSA) is 36.3 Å². The van der Waals surface area contributed by atoms with Crippen molar-refractivity contribution in [3.05, 3.63) is 48.0 Å². The Kier molecular flexibility index (Phi) is 3.47. The van der Waals surface area contributed by atoms with Crippen molar-refractivity contribution < 1.29 is 4.74 Å². The minimum atomic E-state index is 0.693. The van der Waals surface area contributed by atoms with Crippen LogP contribution in [0.25, 0.3) is 10.8 Å². The van der Waals surface area contributed by atoms with Crippen molar-refractivity contribution in [2.45, 2.75) is 6.42 Å². The summed E-state index contributed by atoms with van der Waals surface area (Å²) in [5.41, 5.74) is 1.20. The second-order valence-corrected chi connectivity index (χ2v) is 4.90. The number of morpholine rings is 1. The summed E-state index contributed by atoms with van der Waals surface area (Å²) < 4.78 is 5.32. The number of hydrogen-bond donors (Lipinski definition) is 1.